The molecule has 0 unspecified atom stereocenters. The van der Waals surface area contributed by atoms with Crippen LogP contribution >= 0.6 is 27.3 Å². The molecule has 1 aromatic carbocycles. The van der Waals surface area contributed by atoms with E-state index in [9.17, 15) is 9.59 Å². The van der Waals surface area contributed by atoms with Gasteiger partial charge in [-0.25, -0.2) is 4.98 Å². The number of nitrogens with one attached hydrogen (secondary N) is 1. The minimum atomic E-state index is -0.210. The molecule has 0 aliphatic carbocycles. The highest BCUT2D eigenvalue weighted by Crippen LogP contribution is 2.27. The van der Waals surface area contributed by atoms with E-state index in [-0.39, 0.29) is 17.5 Å². The summed E-state index contributed by atoms with van der Waals surface area (Å²) in [5.41, 5.74) is 1.87. The molecule has 0 radical (unpaired) electrons. The van der Waals surface area contributed by atoms with Crippen LogP contribution in [-0.2, 0) is 6.54 Å². The van der Waals surface area contributed by atoms with Crippen molar-refractivity contribution >= 4 is 43.4 Å². The van der Waals surface area contributed by atoms with Crippen LogP contribution in [0.25, 0.3) is 10.2 Å². The summed E-state index contributed by atoms with van der Waals surface area (Å²) < 4.78 is 3.08. The van der Waals surface area contributed by atoms with E-state index in [0.29, 0.717) is 22.3 Å². The summed E-state index contributed by atoms with van der Waals surface area (Å²) >= 11 is 4.75. The number of nitrogens with zero attached hydrogens (tertiary/aromatic N) is 2. The highest BCUT2D eigenvalue weighted by molar-refractivity contribution is 9.10. The van der Waals surface area contributed by atoms with Gasteiger partial charge in [-0.1, -0.05) is 28.1 Å². The number of rotatable bonds is 4. The van der Waals surface area contributed by atoms with Gasteiger partial charge < -0.3 is 5.32 Å². The van der Waals surface area contributed by atoms with Crippen molar-refractivity contribution in [3.63, 3.8) is 0 Å². The first kappa shape index (κ1) is 17.8. The third-order valence-electron chi connectivity index (χ3n) is 3.92. The molecule has 7 heteroatoms. The van der Waals surface area contributed by atoms with E-state index in [0.717, 1.165) is 14.9 Å². The Hall–Kier alpha value is -1.99. The van der Waals surface area contributed by atoms with Crippen LogP contribution in [0.4, 0.5) is 0 Å². The average Bonchev–Trinajstić information content (AvgIpc) is 2.90. The second-order valence-electron chi connectivity index (χ2n) is 6.07. The summed E-state index contributed by atoms with van der Waals surface area (Å²) in [7, 11) is 0. The van der Waals surface area contributed by atoms with Crippen molar-refractivity contribution in [3.8, 4) is 0 Å². The molecule has 2 heterocycles. The third-order valence-corrected chi connectivity index (χ3v) is 5.50. The van der Waals surface area contributed by atoms with Gasteiger partial charge in [0.2, 0.25) is 0 Å². The summed E-state index contributed by atoms with van der Waals surface area (Å²) in [6.45, 7) is 6.12. The molecule has 1 N–H and O–H groups in total. The Morgan fingerprint density at radius 3 is 2.84 bits per heavy atom. The fourth-order valence-corrected chi connectivity index (χ4v) is 4.13. The number of aromatic nitrogens is 2. The number of carbonyl (C=O) groups is 1. The van der Waals surface area contributed by atoms with Crippen LogP contribution in [0.15, 0.2) is 39.9 Å². The van der Waals surface area contributed by atoms with E-state index in [2.05, 4.69) is 26.2 Å². The fraction of sp³-hybridized carbons (Fsp3) is 0.278. The van der Waals surface area contributed by atoms with Crippen molar-refractivity contribution in [2.45, 2.75) is 33.4 Å². The smallest absolute Gasteiger partial charge is 0.271 e. The van der Waals surface area contributed by atoms with Crippen LogP contribution in [0, 0.1) is 6.92 Å². The molecule has 0 aliphatic heterocycles. The Bertz CT molecular complexity index is 1010. The number of carbonyl (C=O) groups excluding carboxylic acids is 1. The Labute approximate surface area is 157 Å². The molecule has 130 valence electrons. The number of halogens is 1. The third kappa shape index (κ3) is 3.52. The van der Waals surface area contributed by atoms with E-state index in [1.54, 1.807) is 4.57 Å². The largest absolute Gasteiger partial charge is 0.348 e. The van der Waals surface area contributed by atoms with Crippen LogP contribution in [0.3, 0.4) is 0 Å². The number of fused-ring (bicyclic) bond motifs is 1. The molecule has 0 saturated carbocycles. The molecule has 2 aromatic heterocycles. The predicted molar refractivity (Wildman–Crippen MR) is 104 cm³/mol. The number of hydrogen-bond donors (Lipinski definition) is 1. The zero-order valence-electron chi connectivity index (χ0n) is 14.2. The van der Waals surface area contributed by atoms with Crippen molar-refractivity contribution in [2.24, 2.45) is 0 Å². The van der Waals surface area contributed by atoms with Gasteiger partial charge >= 0.3 is 0 Å². The number of thiophene rings is 1. The summed E-state index contributed by atoms with van der Waals surface area (Å²) in [5.74, 6) is -0.210. The number of hydrogen-bond acceptors (Lipinski definition) is 4. The maximum absolute atomic E-state index is 12.7. The first-order chi connectivity index (χ1) is 11.9. The van der Waals surface area contributed by atoms with E-state index < -0.39 is 0 Å². The first-order valence-corrected chi connectivity index (χ1v) is 9.52. The molecule has 0 fully saturated rings. The van der Waals surface area contributed by atoms with Crippen molar-refractivity contribution < 1.29 is 4.79 Å². The van der Waals surface area contributed by atoms with E-state index >= 15 is 0 Å². The monoisotopic (exact) mass is 419 g/mol. The van der Waals surface area contributed by atoms with Gasteiger partial charge in [0.15, 0.2) is 0 Å². The zero-order valence-corrected chi connectivity index (χ0v) is 16.6. The second-order valence-corrected chi connectivity index (χ2v) is 8.21. The Kier molecular flexibility index (Phi) is 5.06. The summed E-state index contributed by atoms with van der Waals surface area (Å²) in [4.78, 5) is 30.4. The zero-order chi connectivity index (χ0) is 18.1. The van der Waals surface area contributed by atoms with Crippen molar-refractivity contribution in [3.05, 3.63) is 61.4 Å². The minimum absolute atomic E-state index is 0.0283. The number of benzene rings is 1. The van der Waals surface area contributed by atoms with Crippen LogP contribution in [0.1, 0.15) is 40.7 Å². The van der Waals surface area contributed by atoms with Gasteiger partial charge in [-0.05, 0) is 38.5 Å². The molecule has 0 aliphatic rings. The minimum Gasteiger partial charge on any atom is -0.348 e. The lowest BCUT2D eigenvalue weighted by Crippen LogP contribution is -2.24. The van der Waals surface area contributed by atoms with Crippen molar-refractivity contribution in [1.82, 2.24) is 14.9 Å². The van der Waals surface area contributed by atoms with Gasteiger partial charge in [-0.3, -0.25) is 14.2 Å². The van der Waals surface area contributed by atoms with E-state index in [4.69, 9.17) is 0 Å². The normalized spacial score (nSPS) is 11.2. The van der Waals surface area contributed by atoms with Crippen LogP contribution in [0.2, 0.25) is 0 Å². The van der Waals surface area contributed by atoms with Gasteiger partial charge in [-0.15, -0.1) is 11.3 Å². The SMILES string of the molecule is Cc1sc2c(=O)n(C(C)C)cnc2c1C(=O)NCc1cccc(Br)c1. The topological polar surface area (TPSA) is 64.0 Å². The fourth-order valence-electron chi connectivity index (χ4n) is 2.64. The standard InChI is InChI=1S/C18H18BrN3O2S/c1-10(2)22-9-21-15-14(11(3)25-16(15)18(22)24)17(23)20-8-12-5-4-6-13(19)7-12/h4-7,9-10H,8H2,1-3H3,(H,20,23). The van der Waals surface area contributed by atoms with Crippen molar-refractivity contribution in [1.29, 1.82) is 0 Å². The van der Waals surface area contributed by atoms with Crippen LogP contribution in [0.5, 0.6) is 0 Å². The first-order valence-electron chi connectivity index (χ1n) is 7.91. The highest BCUT2D eigenvalue weighted by Gasteiger charge is 2.20. The molecule has 0 saturated heterocycles. The summed E-state index contributed by atoms with van der Waals surface area (Å²) in [6, 6.07) is 7.79. The summed E-state index contributed by atoms with van der Waals surface area (Å²) in [5, 5.41) is 2.92. The lowest BCUT2D eigenvalue weighted by Gasteiger charge is -2.09. The maximum Gasteiger partial charge on any atom is 0.271 e. The molecule has 1 amide bonds. The van der Waals surface area contributed by atoms with Crippen LogP contribution in [-0.4, -0.2) is 15.5 Å². The lowest BCUT2D eigenvalue weighted by molar-refractivity contribution is 0.0952. The van der Waals surface area contributed by atoms with Gasteiger partial charge in [-0.2, -0.15) is 0 Å². The Balaban J connectivity index is 1.92. The Morgan fingerprint density at radius 2 is 2.16 bits per heavy atom. The highest BCUT2D eigenvalue weighted by atomic mass is 79.9. The molecule has 5 nitrogen and oxygen atoms in total. The molecule has 3 aromatic rings. The quantitative estimate of drug-likeness (QED) is 0.693. The average molecular weight is 420 g/mol. The van der Waals surface area contributed by atoms with Gasteiger partial charge in [0, 0.05) is 21.9 Å². The van der Waals surface area contributed by atoms with Crippen LogP contribution < -0.4 is 10.9 Å². The number of amides is 1. The molecular weight excluding hydrogens is 402 g/mol. The summed E-state index contributed by atoms with van der Waals surface area (Å²) in [6.07, 6.45) is 1.52. The van der Waals surface area contributed by atoms with Gasteiger partial charge in [0.1, 0.15) is 10.2 Å². The molecule has 3 rings (SSSR count). The molecule has 0 spiro atoms. The maximum atomic E-state index is 12.7. The molecular formula is C18H18BrN3O2S. The van der Waals surface area contributed by atoms with Crippen molar-refractivity contribution in [2.75, 3.05) is 0 Å². The lowest BCUT2D eigenvalue weighted by atomic mass is 10.2. The Morgan fingerprint density at radius 1 is 1.40 bits per heavy atom. The molecule has 0 bridgehead atoms. The number of aryl methyl sites for hydroxylation is 1. The predicted octanol–water partition coefficient (Wildman–Crippen LogP) is 4.04. The van der Waals surface area contributed by atoms with E-state index in [1.807, 2.05) is 45.0 Å². The second kappa shape index (κ2) is 7.09. The van der Waals surface area contributed by atoms with Gasteiger partial charge in [0.25, 0.3) is 11.5 Å². The molecule has 0 atom stereocenters. The van der Waals surface area contributed by atoms with E-state index in [1.165, 1.54) is 17.7 Å². The van der Waals surface area contributed by atoms with Gasteiger partial charge in [0.05, 0.1) is 11.9 Å². The molecule has 25 heavy (non-hydrogen) atoms.